The molecule has 0 saturated heterocycles. The molecular formula is C12H26N2O. The maximum atomic E-state index is 11.1. The molecule has 0 aromatic heterocycles. The summed E-state index contributed by atoms with van der Waals surface area (Å²) >= 11 is 0. The van der Waals surface area contributed by atoms with E-state index in [2.05, 4.69) is 31.4 Å². The first-order chi connectivity index (χ1) is 6.87. The summed E-state index contributed by atoms with van der Waals surface area (Å²) in [6.07, 6.45) is 3.16. The summed E-state index contributed by atoms with van der Waals surface area (Å²) in [4.78, 5) is 11.1. The van der Waals surface area contributed by atoms with Crippen molar-refractivity contribution in [3.05, 3.63) is 0 Å². The van der Waals surface area contributed by atoms with Crippen molar-refractivity contribution in [3.63, 3.8) is 0 Å². The molecule has 0 aliphatic carbocycles. The second kappa shape index (κ2) is 6.96. The second-order valence-electron chi connectivity index (χ2n) is 5.12. The average molecular weight is 214 g/mol. The van der Waals surface area contributed by atoms with Gasteiger partial charge in [-0.2, -0.15) is 0 Å². The summed E-state index contributed by atoms with van der Waals surface area (Å²) in [5.41, 5.74) is 0.197. The van der Waals surface area contributed by atoms with Gasteiger partial charge in [-0.3, -0.25) is 4.79 Å². The highest BCUT2D eigenvalue weighted by molar-refractivity contribution is 5.81. The first-order valence-corrected chi connectivity index (χ1v) is 5.79. The van der Waals surface area contributed by atoms with Crippen LogP contribution in [0.5, 0.6) is 0 Å². The summed E-state index contributed by atoms with van der Waals surface area (Å²) < 4.78 is 0. The van der Waals surface area contributed by atoms with Crippen molar-refractivity contribution in [1.29, 1.82) is 0 Å². The summed E-state index contributed by atoms with van der Waals surface area (Å²) in [6, 6.07) is 0.0413. The third-order valence-electron chi connectivity index (χ3n) is 2.41. The summed E-state index contributed by atoms with van der Waals surface area (Å²) in [5, 5.41) is 6.48. The first kappa shape index (κ1) is 14.6. The molecule has 0 amide bonds. The van der Waals surface area contributed by atoms with E-state index in [-0.39, 0.29) is 17.4 Å². The topological polar surface area (TPSA) is 41.1 Å². The van der Waals surface area contributed by atoms with Gasteiger partial charge in [-0.05, 0) is 54.1 Å². The highest BCUT2D eigenvalue weighted by atomic mass is 16.1. The number of likely N-dealkylation sites (N-methyl/N-ethyl adjacent to an activating group) is 1. The summed E-state index contributed by atoms with van der Waals surface area (Å²) in [7, 11) is 1.85. The number of ketones is 1. The standard InChI is InChI=1S/C12H26N2O/c1-10(15)11(13-5)8-6-7-9-14-12(2,3)4/h11,13-14H,6-9H2,1-5H3. The molecular weight excluding hydrogens is 188 g/mol. The molecule has 2 N–H and O–H groups in total. The molecule has 1 unspecified atom stereocenters. The number of nitrogens with one attached hydrogen (secondary N) is 2. The van der Waals surface area contributed by atoms with E-state index in [1.165, 1.54) is 0 Å². The van der Waals surface area contributed by atoms with Crippen LogP contribution in [-0.2, 0) is 4.79 Å². The Hall–Kier alpha value is -0.410. The fourth-order valence-corrected chi connectivity index (χ4v) is 1.49. The van der Waals surface area contributed by atoms with Crippen LogP contribution in [0.25, 0.3) is 0 Å². The van der Waals surface area contributed by atoms with Gasteiger partial charge in [-0.1, -0.05) is 6.42 Å². The van der Waals surface area contributed by atoms with Gasteiger partial charge in [-0.15, -0.1) is 0 Å². The van der Waals surface area contributed by atoms with E-state index < -0.39 is 0 Å². The van der Waals surface area contributed by atoms with Gasteiger partial charge in [0.05, 0.1) is 6.04 Å². The Bertz CT molecular complexity index is 185. The molecule has 1 atom stereocenters. The van der Waals surface area contributed by atoms with E-state index >= 15 is 0 Å². The fourth-order valence-electron chi connectivity index (χ4n) is 1.49. The van der Waals surface area contributed by atoms with E-state index in [0.717, 1.165) is 25.8 Å². The van der Waals surface area contributed by atoms with Crippen LogP contribution in [0.15, 0.2) is 0 Å². The number of hydrogen-bond acceptors (Lipinski definition) is 3. The van der Waals surface area contributed by atoms with E-state index in [4.69, 9.17) is 0 Å². The first-order valence-electron chi connectivity index (χ1n) is 5.79. The Morgan fingerprint density at radius 2 is 1.87 bits per heavy atom. The molecule has 0 rings (SSSR count). The van der Waals surface area contributed by atoms with Crippen molar-refractivity contribution in [1.82, 2.24) is 10.6 Å². The number of rotatable bonds is 7. The quantitative estimate of drug-likeness (QED) is 0.634. The lowest BCUT2D eigenvalue weighted by Gasteiger charge is -2.20. The Kier molecular flexibility index (Phi) is 6.77. The predicted octanol–water partition coefficient (Wildman–Crippen LogP) is 1.72. The van der Waals surface area contributed by atoms with Crippen molar-refractivity contribution < 1.29 is 4.79 Å². The monoisotopic (exact) mass is 214 g/mol. The molecule has 0 spiro atoms. The zero-order valence-electron chi connectivity index (χ0n) is 10.8. The predicted molar refractivity (Wildman–Crippen MR) is 65.1 cm³/mol. The Labute approximate surface area is 94.0 Å². The number of Topliss-reactive ketones (excluding diaryl/α,β-unsaturated/α-hetero) is 1. The van der Waals surface area contributed by atoms with Crippen LogP contribution in [0, 0.1) is 0 Å². The molecule has 0 aromatic carbocycles. The third-order valence-corrected chi connectivity index (χ3v) is 2.41. The second-order valence-corrected chi connectivity index (χ2v) is 5.12. The Morgan fingerprint density at radius 1 is 1.27 bits per heavy atom. The van der Waals surface area contributed by atoms with Gasteiger partial charge in [0.25, 0.3) is 0 Å². The number of carbonyl (C=O) groups is 1. The van der Waals surface area contributed by atoms with Crippen LogP contribution >= 0.6 is 0 Å². The zero-order valence-corrected chi connectivity index (χ0v) is 10.8. The van der Waals surface area contributed by atoms with Crippen molar-refractivity contribution in [2.24, 2.45) is 0 Å². The molecule has 15 heavy (non-hydrogen) atoms. The van der Waals surface area contributed by atoms with Crippen LogP contribution in [0.1, 0.15) is 47.0 Å². The van der Waals surface area contributed by atoms with Gasteiger partial charge in [0.15, 0.2) is 0 Å². The molecule has 0 aromatic rings. The normalized spacial score (nSPS) is 13.9. The lowest BCUT2D eigenvalue weighted by molar-refractivity contribution is -0.119. The maximum Gasteiger partial charge on any atom is 0.146 e. The highest BCUT2D eigenvalue weighted by Crippen LogP contribution is 2.03. The average Bonchev–Trinajstić information content (AvgIpc) is 2.08. The van der Waals surface area contributed by atoms with E-state index in [9.17, 15) is 4.79 Å². The van der Waals surface area contributed by atoms with Crippen molar-refractivity contribution in [2.75, 3.05) is 13.6 Å². The molecule has 0 radical (unpaired) electrons. The minimum absolute atomic E-state index is 0.0413. The van der Waals surface area contributed by atoms with Gasteiger partial charge in [-0.25, -0.2) is 0 Å². The molecule has 0 aliphatic heterocycles. The SMILES string of the molecule is CNC(CCCCNC(C)(C)C)C(C)=O. The Morgan fingerprint density at radius 3 is 2.27 bits per heavy atom. The van der Waals surface area contributed by atoms with Crippen molar-refractivity contribution >= 4 is 5.78 Å². The van der Waals surface area contributed by atoms with E-state index in [1.807, 2.05) is 7.05 Å². The van der Waals surface area contributed by atoms with Crippen LogP contribution in [0.4, 0.5) is 0 Å². The minimum Gasteiger partial charge on any atom is -0.312 e. The highest BCUT2D eigenvalue weighted by Gasteiger charge is 2.11. The van der Waals surface area contributed by atoms with Crippen LogP contribution < -0.4 is 10.6 Å². The summed E-state index contributed by atoms with van der Waals surface area (Å²) in [5.74, 6) is 0.237. The largest absolute Gasteiger partial charge is 0.312 e. The number of hydrogen-bond donors (Lipinski definition) is 2. The third kappa shape index (κ3) is 8.58. The smallest absolute Gasteiger partial charge is 0.146 e. The van der Waals surface area contributed by atoms with Gasteiger partial charge in [0.2, 0.25) is 0 Å². The molecule has 90 valence electrons. The Balaban J connectivity index is 3.49. The maximum absolute atomic E-state index is 11.1. The molecule has 3 nitrogen and oxygen atoms in total. The molecule has 3 heteroatoms. The van der Waals surface area contributed by atoms with Crippen molar-refractivity contribution in [3.8, 4) is 0 Å². The number of carbonyl (C=O) groups excluding carboxylic acids is 1. The van der Waals surface area contributed by atoms with Gasteiger partial charge < -0.3 is 10.6 Å². The lowest BCUT2D eigenvalue weighted by atomic mass is 10.1. The van der Waals surface area contributed by atoms with Gasteiger partial charge >= 0.3 is 0 Å². The van der Waals surface area contributed by atoms with Gasteiger partial charge in [0, 0.05) is 5.54 Å². The van der Waals surface area contributed by atoms with E-state index in [0.29, 0.717) is 0 Å². The molecule has 0 aliphatic rings. The number of unbranched alkanes of at least 4 members (excludes halogenated alkanes) is 1. The van der Waals surface area contributed by atoms with Crippen molar-refractivity contribution in [2.45, 2.75) is 58.5 Å². The van der Waals surface area contributed by atoms with Crippen LogP contribution in [0.3, 0.4) is 0 Å². The zero-order chi connectivity index (χ0) is 11.9. The molecule has 0 bridgehead atoms. The molecule has 0 saturated carbocycles. The summed E-state index contributed by atoms with van der Waals surface area (Å²) in [6.45, 7) is 9.17. The molecule has 0 fully saturated rings. The minimum atomic E-state index is 0.0413. The van der Waals surface area contributed by atoms with Crippen LogP contribution in [0.2, 0.25) is 0 Å². The van der Waals surface area contributed by atoms with E-state index in [1.54, 1.807) is 6.92 Å². The van der Waals surface area contributed by atoms with Gasteiger partial charge in [0.1, 0.15) is 5.78 Å². The fraction of sp³-hybridized carbons (Fsp3) is 0.917. The molecule has 0 heterocycles. The lowest BCUT2D eigenvalue weighted by Crippen LogP contribution is -2.36. The van der Waals surface area contributed by atoms with Crippen LogP contribution in [-0.4, -0.2) is 31.0 Å².